The van der Waals surface area contributed by atoms with Crippen LogP contribution in [-0.4, -0.2) is 17.3 Å². The van der Waals surface area contributed by atoms with Crippen LogP contribution in [0, 0.1) is 5.41 Å². The lowest BCUT2D eigenvalue weighted by molar-refractivity contribution is 0.100. The summed E-state index contributed by atoms with van der Waals surface area (Å²) in [6.07, 6.45) is 5.46. The molecule has 0 aliphatic heterocycles. The third kappa shape index (κ3) is 0.867. The molecule has 0 saturated heterocycles. The van der Waals surface area contributed by atoms with Crippen LogP contribution in [0.2, 0.25) is 0 Å². The van der Waals surface area contributed by atoms with Gasteiger partial charge < -0.3 is 10.8 Å². The van der Waals surface area contributed by atoms with Gasteiger partial charge in [0.2, 0.25) is 0 Å². The van der Waals surface area contributed by atoms with Gasteiger partial charge in [-0.15, -0.1) is 0 Å². The predicted molar refractivity (Wildman–Crippen MR) is 39.5 cm³/mol. The van der Waals surface area contributed by atoms with Gasteiger partial charge in [0.15, 0.2) is 0 Å². The first-order valence-electron chi connectivity index (χ1n) is 4.17. The van der Waals surface area contributed by atoms with Crippen molar-refractivity contribution in [2.75, 3.05) is 0 Å². The SMILES string of the molecule is NC1CC12CCC(O)CC2. The highest BCUT2D eigenvalue weighted by Crippen LogP contribution is 2.54. The normalized spacial score (nSPS) is 53.4. The Labute approximate surface area is 61.4 Å². The van der Waals surface area contributed by atoms with Gasteiger partial charge in [-0.2, -0.15) is 0 Å². The minimum Gasteiger partial charge on any atom is -0.393 e. The van der Waals surface area contributed by atoms with Gasteiger partial charge in [-0.1, -0.05) is 0 Å². The lowest BCUT2D eigenvalue weighted by atomic mass is 9.84. The molecular formula is C8H15NO. The highest BCUT2D eigenvalue weighted by Gasteiger charge is 2.52. The van der Waals surface area contributed by atoms with Crippen LogP contribution in [-0.2, 0) is 0 Å². The van der Waals surface area contributed by atoms with E-state index in [1.807, 2.05) is 0 Å². The van der Waals surface area contributed by atoms with E-state index < -0.39 is 0 Å². The second-order valence-corrected chi connectivity index (χ2v) is 3.90. The first kappa shape index (κ1) is 6.62. The molecule has 2 heteroatoms. The van der Waals surface area contributed by atoms with Crippen molar-refractivity contribution in [3.8, 4) is 0 Å². The largest absolute Gasteiger partial charge is 0.393 e. The van der Waals surface area contributed by atoms with Crippen LogP contribution in [0.5, 0.6) is 0 Å². The average Bonchev–Trinajstić information content (AvgIpc) is 2.53. The van der Waals surface area contributed by atoms with E-state index in [-0.39, 0.29) is 6.10 Å². The quantitative estimate of drug-likeness (QED) is 0.520. The maximum absolute atomic E-state index is 9.21. The summed E-state index contributed by atoms with van der Waals surface area (Å²) >= 11 is 0. The van der Waals surface area contributed by atoms with Crippen molar-refractivity contribution in [3.05, 3.63) is 0 Å². The zero-order valence-electron chi connectivity index (χ0n) is 6.21. The Balaban J connectivity index is 1.93. The number of hydrogen-bond donors (Lipinski definition) is 2. The maximum Gasteiger partial charge on any atom is 0.0540 e. The number of hydrogen-bond acceptors (Lipinski definition) is 2. The van der Waals surface area contributed by atoms with Crippen molar-refractivity contribution in [2.24, 2.45) is 11.1 Å². The topological polar surface area (TPSA) is 46.2 Å². The van der Waals surface area contributed by atoms with Crippen LogP contribution in [0.25, 0.3) is 0 Å². The minimum atomic E-state index is -0.0292. The van der Waals surface area contributed by atoms with E-state index >= 15 is 0 Å². The number of rotatable bonds is 0. The molecule has 10 heavy (non-hydrogen) atoms. The molecule has 2 fully saturated rings. The van der Waals surface area contributed by atoms with E-state index in [9.17, 15) is 5.11 Å². The van der Waals surface area contributed by atoms with E-state index in [0.717, 1.165) is 25.7 Å². The summed E-state index contributed by atoms with van der Waals surface area (Å²) < 4.78 is 0. The third-order valence-corrected chi connectivity index (χ3v) is 3.20. The molecule has 0 aromatic carbocycles. The molecule has 0 bridgehead atoms. The van der Waals surface area contributed by atoms with Crippen LogP contribution < -0.4 is 5.73 Å². The van der Waals surface area contributed by atoms with Crippen LogP contribution >= 0.6 is 0 Å². The third-order valence-electron chi connectivity index (χ3n) is 3.20. The molecule has 0 aromatic rings. The summed E-state index contributed by atoms with van der Waals surface area (Å²) in [5, 5.41) is 9.21. The average molecular weight is 141 g/mol. The van der Waals surface area contributed by atoms with Crippen molar-refractivity contribution in [2.45, 2.75) is 44.2 Å². The van der Waals surface area contributed by atoms with E-state index in [2.05, 4.69) is 0 Å². The fraction of sp³-hybridized carbons (Fsp3) is 1.00. The van der Waals surface area contributed by atoms with Gasteiger partial charge in [0.05, 0.1) is 6.10 Å². The van der Waals surface area contributed by atoms with Gasteiger partial charge in [0.25, 0.3) is 0 Å². The molecule has 0 amide bonds. The monoisotopic (exact) mass is 141 g/mol. The van der Waals surface area contributed by atoms with Gasteiger partial charge >= 0.3 is 0 Å². The van der Waals surface area contributed by atoms with Gasteiger partial charge in [-0.05, 0) is 37.5 Å². The maximum atomic E-state index is 9.21. The molecule has 0 heterocycles. The molecule has 0 radical (unpaired) electrons. The standard InChI is InChI=1S/C8H15NO/c9-7-5-8(7)3-1-6(10)2-4-8/h6-7,10H,1-5,9H2. The van der Waals surface area contributed by atoms with Crippen LogP contribution in [0.4, 0.5) is 0 Å². The molecule has 1 spiro atoms. The molecule has 58 valence electrons. The Morgan fingerprint density at radius 1 is 1.30 bits per heavy atom. The molecule has 2 aliphatic carbocycles. The van der Waals surface area contributed by atoms with Crippen molar-refractivity contribution in [3.63, 3.8) is 0 Å². The number of nitrogens with two attached hydrogens (primary N) is 1. The summed E-state index contributed by atoms with van der Waals surface area (Å²) in [6, 6.07) is 0.458. The zero-order valence-corrected chi connectivity index (χ0v) is 6.21. The van der Waals surface area contributed by atoms with Crippen molar-refractivity contribution in [1.29, 1.82) is 0 Å². The Hall–Kier alpha value is -0.0800. The van der Waals surface area contributed by atoms with Crippen LogP contribution in [0.1, 0.15) is 32.1 Å². The molecule has 2 saturated carbocycles. The van der Waals surface area contributed by atoms with Gasteiger partial charge in [-0.25, -0.2) is 0 Å². The predicted octanol–water partition coefficient (Wildman–Crippen LogP) is 0.639. The van der Waals surface area contributed by atoms with Crippen molar-refractivity contribution in [1.82, 2.24) is 0 Å². The number of aliphatic hydroxyl groups is 1. The fourth-order valence-corrected chi connectivity index (χ4v) is 2.13. The zero-order chi connectivity index (χ0) is 7.19. The second-order valence-electron chi connectivity index (χ2n) is 3.90. The van der Waals surface area contributed by atoms with Crippen LogP contribution in [0.15, 0.2) is 0 Å². The van der Waals surface area contributed by atoms with E-state index in [4.69, 9.17) is 5.73 Å². The molecule has 2 rings (SSSR count). The van der Waals surface area contributed by atoms with E-state index in [1.54, 1.807) is 0 Å². The Morgan fingerprint density at radius 2 is 1.80 bits per heavy atom. The van der Waals surface area contributed by atoms with E-state index in [1.165, 1.54) is 6.42 Å². The van der Waals surface area contributed by atoms with Crippen LogP contribution in [0.3, 0.4) is 0 Å². The lowest BCUT2D eigenvalue weighted by Gasteiger charge is -2.25. The molecule has 0 aromatic heterocycles. The Bertz CT molecular complexity index is 138. The first-order valence-corrected chi connectivity index (χ1v) is 4.17. The summed E-state index contributed by atoms with van der Waals surface area (Å²) in [7, 11) is 0. The van der Waals surface area contributed by atoms with Gasteiger partial charge in [0, 0.05) is 6.04 Å². The van der Waals surface area contributed by atoms with Gasteiger partial charge in [0.1, 0.15) is 0 Å². The summed E-state index contributed by atoms with van der Waals surface area (Å²) in [5.41, 5.74) is 6.28. The highest BCUT2D eigenvalue weighted by atomic mass is 16.3. The highest BCUT2D eigenvalue weighted by molar-refractivity contribution is 5.07. The molecule has 2 aliphatic rings. The van der Waals surface area contributed by atoms with Gasteiger partial charge in [-0.3, -0.25) is 0 Å². The summed E-state index contributed by atoms with van der Waals surface area (Å²) in [4.78, 5) is 0. The minimum absolute atomic E-state index is 0.0292. The second kappa shape index (κ2) is 1.95. The van der Waals surface area contributed by atoms with Crippen molar-refractivity contribution < 1.29 is 5.11 Å². The fourth-order valence-electron chi connectivity index (χ4n) is 2.13. The molecule has 3 N–H and O–H groups in total. The lowest BCUT2D eigenvalue weighted by Crippen LogP contribution is -2.23. The first-order chi connectivity index (χ1) is 4.73. The smallest absolute Gasteiger partial charge is 0.0540 e. The Kier molecular flexibility index (Phi) is 1.29. The van der Waals surface area contributed by atoms with E-state index in [0.29, 0.717) is 11.5 Å². The summed E-state index contributed by atoms with van der Waals surface area (Å²) in [6.45, 7) is 0. The Morgan fingerprint density at radius 3 is 2.20 bits per heavy atom. The van der Waals surface area contributed by atoms with Crippen molar-refractivity contribution >= 4 is 0 Å². The molecule has 1 unspecified atom stereocenters. The molecular weight excluding hydrogens is 126 g/mol. The summed E-state index contributed by atoms with van der Waals surface area (Å²) in [5.74, 6) is 0. The number of aliphatic hydroxyl groups excluding tert-OH is 1. The molecule has 1 atom stereocenters. The molecule has 2 nitrogen and oxygen atoms in total.